The highest BCUT2D eigenvalue weighted by Gasteiger charge is 2.26. The molecule has 100 valence electrons. The van der Waals surface area contributed by atoms with Gasteiger partial charge in [-0.25, -0.2) is 0 Å². The Hall–Kier alpha value is -1.38. The molecule has 2 aromatic rings. The zero-order valence-electron chi connectivity index (χ0n) is 12.1. The molecule has 0 amide bonds. The maximum Gasteiger partial charge on any atom is 0.112 e. The summed E-state index contributed by atoms with van der Waals surface area (Å²) in [5.41, 5.74) is 0.940. The second-order valence-corrected chi connectivity index (χ2v) is 11.3. The van der Waals surface area contributed by atoms with Gasteiger partial charge in [-0.2, -0.15) is 0 Å². The minimum Gasteiger partial charge on any atom is -0.381 e. The lowest BCUT2D eigenvalue weighted by Gasteiger charge is -2.26. The molecule has 19 heavy (non-hydrogen) atoms. The van der Waals surface area contributed by atoms with E-state index in [1.54, 1.807) is 0 Å². The Kier molecular flexibility index (Phi) is 3.66. The average Bonchev–Trinajstić information content (AvgIpc) is 2.39. The summed E-state index contributed by atoms with van der Waals surface area (Å²) in [4.78, 5) is 0. The van der Waals surface area contributed by atoms with Crippen LogP contribution in [0.3, 0.4) is 0 Å². The Morgan fingerprint density at radius 1 is 0.789 bits per heavy atom. The molecule has 0 spiro atoms. The Morgan fingerprint density at radius 3 is 1.74 bits per heavy atom. The van der Waals surface area contributed by atoms with Crippen molar-refractivity contribution in [1.29, 1.82) is 0 Å². The van der Waals surface area contributed by atoms with Gasteiger partial charge in [0.15, 0.2) is 0 Å². The van der Waals surface area contributed by atoms with E-state index in [2.05, 4.69) is 43.9 Å². The zero-order chi connectivity index (χ0) is 14.1. The van der Waals surface area contributed by atoms with Crippen LogP contribution >= 0.6 is 0 Å². The lowest BCUT2D eigenvalue weighted by atomic mass is 9.88. The highest BCUT2D eigenvalue weighted by atomic mass is 28.3. The Balaban J connectivity index is 2.37. The van der Waals surface area contributed by atoms with Crippen LogP contribution in [0.2, 0.25) is 19.6 Å². The molecule has 0 heterocycles. The molecule has 2 aromatic carbocycles. The molecule has 0 radical (unpaired) electrons. The van der Waals surface area contributed by atoms with Gasteiger partial charge in [-0.15, -0.1) is 0 Å². The monoisotopic (exact) mass is 270 g/mol. The third kappa shape index (κ3) is 2.96. The topological polar surface area (TPSA) is 20.2 Å². The molecular formula is C17H22OSi. The van der Waals surface area contributed by atoms with Crippen molar-refractivity contribution in [3.05, 3.63) is 65.7 Å². The van der Waals surface area contributed by atoms with Crippen LogP contribution < -0.4 is 5.19 Å². The van der Waals surface area contributed by atoms with Crippen LogP contribution in [-0.2, 0) is 5.60 Å². The van der Waals surface area contributed by atoms with Crippen LogP contribution in [0.15, 0.2) is 54.6 Å². The fraction of sp³-hybridized carbons (Fsp3) is 0.294. The molecule has 0 aliphatic carbocycles. The lowest BCUT2D eigenvalue weighted by Crippen LogP contribution is -2.37. The van der Waals surface area contributed by atoms with E-state index >= 15 is 0 Å². The predicted octanol–water partition coefficient (Wildman–Crippen LogP) is 3.49. The van der Waals surface area contributed by atoms with Crippen molar-refractivity contribution in [3.8, 4) is 0 Å². The molecule has 0 fully saturated rings. The van der Waals surface area contributed by atoms with Crippen LogP contribution in [0, 0.1) is 0 Å². The SMILES string of the molecule is C[C@](O)(c1ccccc1)c1ccc([Si](C)(C)C)cc1. The summed E-state index contributed by atoms with van der Waals surface area (Å²) in [6.45, 7) is 8.85. The smallest absolute Gasteiger partial charge is 0.112 e. The molecule has 0 unspecified atom stereocenters. The number of hydrogen-bond donors (Lipinski definition) is 1. The molecule has 0 bridgehead atoms. The number of aliphatic hydroxyl groups is 1. The number of rotatable bonds is 3. The maximum atomic E-state index is 10.8. The van der Waals surface area contributed by atoms with Gasteiger partial charge in [0.05, 0.1) is 8.07 Å². The van der Waals surface area contributed by atoms with E-state index < -0.39 is 13.7 Å². The minimum atomic E-state index is -1.28. The van der Waals surface area contributed by atoms with Crippen molar-refractivity contribution in [1.82, 2.24) is 0 Å². The normalized spacial score (nSPS) is 15.0. The molecule has 0 saturated heterocycles. The second-order valence-electron chi connectivity index (χ2n) is 6.27. The fourth-order valence-corrected chi connectivity index (χ4v) is 3.39. The van der Waals surface area contributed by atoms with Gasteiger partial charge in [-0.1, -0.05) is 79.4 Å². The third-order valence-electron chi connectivity index (χ3n) is 3.65. The molecule has 0 saturated carbocycles. The van der Waals surface area contributed by atoms with Gasteiger partial charge < -0.3 is 5.11 Å². The van der Waals surface area contributed by atoms with Crippen molar-refractivity contribution in [2.24, 2.45) is 0 Å². The second kappa shape index (κ2) is 4.95. The van der Waals surface area contributed by atoms with Crippen LogP contribution in [0.5, 0.6) is 0 Å². The first-order valence-electron chi connectivity index (χ1n) is 6.71. The first-order chi connectivity index (χ1) is 8.82. The molecule has 2 rings (SSSR count). The van der Waals surface area contributed by atoms with Crippen molar-refractivity contribution in [2.75, 3.05) is 0 Å². The van der Waals surface area contributed by atoms with Gasteiger partial charge in [-0.05, 0) is 18.1 Å². The summed E-state index contributed by atoms with van der Waals surface area (Å²) in [6, 6.07) is 18.3. The van der Waals surface area contributed by atoms with Gasteiger partial charge >= 0.3 is 0 Å². The summed E-state index contributed by atoms with van der Waals surface area (Å²) < 4.78 is 0. The van der Waals surface area contributed by atoms with Gasteiger partial charge in [0.25, 0.3) is 0 Å². The predicted molar refractivity (Wildman–Crippen MR) is 84.5 cm³/mol. The summed E-state index contributed by atoms with van der Waals surface area (Å²) in [5.74, 6) is 0. The van der Waals surface area contributed by atoms with Gasteiger partial charge in [0, 0.05) is 0 Å². The largest absolute Gasteiger partial charge is 0.381 e. The fourth-order valence-electron chi connectivity index (χ4n) is 2.22. The van der Waals surface area contributed by atoms with Gasteiger partial charge in [-0.3, -0.25) is 0 Å². The van der Waals surface area contributed by atoms with Crippen LogP contribution in [0.4, 0.5) is 0 Å². The summed E-state index contributed by atoms with van der Waals surface area (Å²) in [6.07, 6.45) is 0. The standard InChI is InChI=1S/C17H22OSi/c1-17(18,14-8-6-5-7-9-14)15-10-12-16(13-11-15)19(2,3)4/h5-13,18H,1-4H3/t17-/m0/s1. The molecule has 0 aliphatic heterocycles. The van der Waals surface area contributed by atoms with Crippen molar-refractivity contribution >= 4 is 13.3 Å². The third-order valence-corrected chi connectivity index (χ3v) is 5.71. The minimum absolute atomic E-state index is 0.927. The van der Waals surface area contributed by atoms with E-state index in [0.29, 0.717) is 0 Å². The number of benzene rings is 2. The van der Waals surface area contributed by atoms with E-state index in [4.69, 9.17) is 0 Å². The Morgan fingerprint density at radius 2 is 1.26 bits per heavy atom. The zero-order valence-corrected chi connectivity index (χ0v) is 13.1. The summed E-state index contributed by atoms with van der Waals surface area (Å²) in [7, 11) is -1.28. The first-order valence-corrected chi connectivity index (χ1v) is 10.2. The van der Waals surface area contributed by atoms with E-state index in [1.165, 1.54) is 5.19 Å². The molecule has 0 aromatic heterocycles. The highest BCUT2D eigenvalue weighted by Crippen LogP contribution is 2.28. The average molecular weight is 270 g/mol. The van der Waals surface area contributed by atoms with E-state index in [-0.39, 0.29) is 0 Å². The highest BCUT2D eigenvalue weighted by molar-refractivity contribution is 6.88. The molecule has 1 atom stereocenters. The van der Waals surface area contributed by atoms with Gasteiger partial charge in [0.1, 0.15) is 5.60 Å². The number of hydrogen-bond acceptors (Lipinski definition) is 1. The van der Waals surface area contributed by atoms with Crippen molar-refractivity contribution in [2.45, 2.75) is 32.2 Å². The summed E-state index contributed by atoms with van der Waals surface area (Å²) >= 11 is 0. The molecule has 1 N–H and O–H groups in total. The lowest BCUT2D eigenvalue weighted by molar-refractivity contribution is 0.102. The van der Waals surface area contributed by atoms with E-state index in [0.717, 1.165) is 11.1 Å². The van der Waals surface area contributed by atoms with Gasteiger partial charge in [0.2, 0.25) is 0 Å². The summed E-state index contributed by atoms with van der Waals surface area (Å²) in [5, 5.41) is 12.2. The maximum absolute atomic E-state index is 10.8. The Bertz CT molecular complexity index is 536. The molecular weight excluding hydrogens is 248 g/mol. The van der Waals surface area contributed by atoms with Crippen LogP contribution in [0.25, 0.3) is 0 Å². The van der Waals surface area contributed by atoms with Crippen molar-refractivity contribution < 1.29 is 5.11 Å². The van der Waals surface area contributed by atoms with Crippen LogP contribution in [0.1, 0.15) is 18.1 Å². The Labute approximate surface area is 116 Å². The quantitative estimate of drug-likeness (QED) is 0.847. The van der Waals surface area contributed by atoms with Crippen LogP contribution in [-0.4, -0.2) is 13.2 Å². The molecule has 0 aliphatic rings. The molecule has 2 heteroatoms. The van der Waals surface area contributed by atoms with E-state index in [1.807, 2.05) is 37.3 Å². The van der Waals surface area contributed by atoms with E-state index in [9.17, 15) is 5.11 Å². The molecule has 1 nitrogen and oxygen atoms in total. The first kappa shape index (κ1) is 14.0. The van der Waals surface area contributed by atoms with Crippen molar-refractivity contribution in [3.63, 3.8) is 0 Å².